The molecule has 0 aliphatic carbocycles. The van der Waals surface area contributed by atoms with Crippen molar-refractivity contribution in [2.24, 2.45) is 0 Å². The Labute approximate surface area is 173 Å². The summed E-state index contributed by atoms with van der Waals surface area (Å²) in [5.74, 6) is 0.0523. The van der Waals surface area contributed by atoms with Crippen molar-refractivity contribution < 1.29 is 18.4 Å². The van der Waals surface area contributed by atoms with E-state index in [1.54, 1.807) is 48.4 Å². The minimum Gasteiger partial charge on any atom is -0.467 e. The van der Waals surface area contributed by atoms with Gasteiger partial charge in [-0.1, -0.05) is 6.07 Å². The van der Waals surface area contributed by atoms with E-state index in [9.17, 15) is 14.0 Å². The molecule has 2 amide bonds. The van der Waals surface area contributed by atoms with Crippen LogP contribution in [0.15, 0.2) is 47.1 Å². The Morgan fingerprint density at radius 1 is 1.27 bits per heavy atom. The van der Waals surface area contributed by atoms with Gasteiger partial charge in [-0.05, 0) is 55.7 Å². The van der Waals surface area contributed by atoms with Gasteiger partial charge in [0.2, 0.25) is 0 Å². The second kappa shape index (κ2) is 8.52. The number of likely N-dealkylation sites (tertiary alicyclic amines) is 1. The molecule has 156 valence electrons. The molecular weight excluding hydrogens is 387 g/mol. The first-order valence-electron chi connectivity index (χ1n) is 9.92. The molecule has 3 heterocycles. The van der Waals surface area contributed by atoms with Crippen molar-refractivity contribution in [2.45, 2.75) is 32.2 Å². The third-order valence-electron chi connectivity index (χ3n) is 5.47. The van der Waals surface area contributed by atoms with Crippen LogP contribution in [0.25, 0.3) is 0 Å². The van der Waals surface area contributed by atoms with E-state index in [1.165, 1.54) is 6.07 Å². The molecule has 2 N–H and O–H groups in total. The van der Waals surface area contributed by atoms with Crippen LogP contribution in [-0.2, 0) is 6.54 Å². The number of halogens is 1. The number of hydrogen-bond acceptors (Lipinski definition) is 4. The molecule has 3 aromatic rings. The molecule has 0 unspecified atom stereocenters. The van der Waals surface area contributed by atoms with Crippen LogP contribution < -0.4 is 5.32 Å². The number of benzene rings is 1. The maximum absolute atomic E-state index is 13.8. The van der Waals surface area contributed by atoms with E-state index < -0.39 is 0 Å². The summed E-state index contributed by atoms with van der Waals surface area (Å²) in [4.78, 5) is 26.7. The van der Waals surface area contributed by atoms with Gasteiger partial charge in [0.05, 0.1) is 12.8 Å². The number of carbonyl (C=O) groups is 2. The summed E-state index contributed by atoms with van der Waals surface area (Å²) in [6.07, 6.45) is 3.05. The summed E-state index contributed by atoms with van der Waals surface area (Å²) < 4.78 is 19.0. The number of aryl methyl sites for hydroxylation is 1. The predicted molar refractivity (Wildman–Crippen MR) is 107 cm³/mol. The molecule has 1 aliphatic rings. The minimum atomic E-state index is -0.369. The molecule has 4 rings (SSSR count). The molecule has 0 atom stereocenters. The lowest BCUT2D eigenvalue weighted by Gasteiger charge is -2.31. The molecule has 30 heavy (non-hydrogen) atoms. The van der Waals surface area contributed by atoms with Crippen LogP contribution in [0.2, 0.25) is 0 Å². The highest BCUT2D eigenvalue weighted by atomic mass is 19.1. The van der Waals surface area contributed by atoms with Crippen LogP contribution in [-0.4, -0.2) is 40.0 Å². The molecule has 0 spiro atoms. The zero-order valence-electron chi connectivity index (χ0n) is 16.7. The topological polar surface area (TPSA) is 91.2 Å². The molecule has 1 aliphatic heterocycles. The lowest BCUT2D eigenvalue weighted by Crippen LogP contribution is -2.38. The van der Waals surface area contributed by atoms with Crippen molar-refractivity contribution >= 4 is 11.8 Å². The first-order valence-corrected chi connectivity index (χ1v) is 9.92. The lowest BCUT2D eigenvalue weighted by molar-refractivity contribution is 0.0711. The van der Waals surface area contributed by atoms with Gasteiger partial charge in [-0.3, -0.25) is 14.7 Å². The molecular formula is C22H23FN4O3. The normalized spacial score (nSPS) is 14.7. The number of carbonyl (C=O) groups excluding carboxylic acids is 2. The van der Waals surface area contributed by atoms with E-state index in [0.29, 0.717) is 42.2 Å². The summed E-state index contributed by atoms with van der Waals surface area (Å²) in [5, 5.41) is 9.84. The van der Waals surface area contributed by atoms with Crippen LogP contribution >= 0.6 is 0 Å². The Balaban J connectivity index is 1.32. The number of furan rings is 1. The van der Waals surface area contributed by atoms with Gasteiger partial charge in [0, 0.05) is 30.3 Å². The second-order valence-electron chi connectivity index (χ2n) is 7.50. The van der Waals surface area contributed by atoms with Gasteiger partial charge in [0.25, 0.3) is 11.8 Å². The molecule has 0 radical (unpaired) electrons. The first kappa shape index (κ1) is 19.9. The molecule has 7 nitrogen and oxygen atoms in total. The van der Waals surface area contributed by atoms with Gasteiger partial charge >= 0.3 is 0 Å². The highest BCUT2D eigenvalue weighted by molar-refractivity contribution is 5.94. The van der Waals surface area contributed by atoms with Gasteiger partial charge < -0.3 is 14.6 Å². The minimum absolute atomic E-state index is 0.157. The molecule has 0 bridgehead atoms. The largest absolute Gasteiger partial charge is 0.467 e. The molecule has 1 aromatic carbocycles. The van der Waals surface area contributed by atoms with Crippen molar-refractivity contribution in [3.63, 3.8) is 0 Å². The number of aromatic nitrogens is 2. The van der Waals surface area contributed by atoms with Gasteiger partial charge in [-0.15, -0.1) is 0 Å². The van der Waals surface area contributed by atoms with Crippen molar-refractivity contribution in [1.82, 2.24) is 20.4 Å². The van der Waals surface area contributed by atoms with E-state index in [2.05, 4.69) is 15.5 Å². The number of piperidine rings is 1. The van der Waals surface area contributed by atoms with E-state index in [4.69, 9.17) is 4.42 Å². The van der Waals surface area contributed by atoms with E-state index in [1.807, 2.05) is 0 Å². The second-order valence-corrected chi connectivity index (χ2v) is 7.50. The highest BCUT2D eigenvalue weighted by Crippen LogP contribution is 2.28. The third-order valence-corrected chi connectivity index (χ3v) is 5.47. The zero-order chi connectivity index (χ0) is 21.1. The fourth-order valence-electron chi connectivity index (χ4n) is 3.64. The van der Waals surface area contributed by atoms with Crippen molar-refractivity contribution in [1.29, 1.82) is 0 Å². The van der Waals surface area contributed by atoms with Gasteiger partial charge in [0.1, 0.15) is 17.3 Å². The average Bonchev–Trinajstić information content (AvgIpc) is 3.46. The molecule has 0 saturated carbocycles. The van der Waals surface area contributed by atoms with Crippen LogP contribution in [0, 0.1) is 12.7 Å². The molecule has 1 saturated heterocycles. The van der Waals surface area contributed by atoms with Crippen LogP contribution in [0.1, 0.15) is 56.6 Å². The van der Waals surface area contributed by atoms with Gasteiger partial charge in [-0.2, -0.15) is 5.10 Å². The van der Waals surface area contributed by atoms with Crippen LogP contribution in [0.5, 0.6) is 0 Å². The van der Waals surface area contributed by atoms with Crippen LogP contribution in [0.4, 0.5) is 4.39 Å². The Morgan fingerprint density at radius 2 is 2.07 bits per heavy atom. The fourth-order valence-corrected chi connectivity index (χ4v) is 3.64. The van der Waals surface area contributed by atoms with Crippen molar-refractivity contribution in [3.8, 4) is 0 Å². The Morgan fingerprint density at radius 3 is 2.77 bits per heavy atom. The van der Waals surface area contributed by atoms with E-state index in [0.717, 1.165) is 18.5 Å². The number of hydrogen-bond donors (Lipinski definition) is 2. The standard InChI is InChI=1S/C22H23FN4O3/c1-14-4-5-16(11-18(14)23)22(29)27-8-6-15(7-9-27)19-12-20(26-25-19)21(28)24-13-17-3-2-10-30-17/h2-5,10-12,15H,6-9,13H2,1H3,(H,24,28)(H,25,26). The third kappa shape index (κ3) is 4.27. The quantitative estimate of drug-likeness (QED) is 0.674. The zero-order valence-corrected chi connectivity index (χ0v) is 16.7. The Kier molecular flexibility index (Phi) is 5.65. The smallest absolute Gasteiger partial charge is 0.272 e. The summed E-state index contributed by atoms with van der Waals surface area (Å²) in [6, 6.07) is 9.89. The average molecular weight is 410 g/mol. The van der Waals surface area contributed by atoms with E-state index >= 15 is 0 Å². The Bertz CT molecular complexity index is 1040. The number of rotatable bonds is 5. The van der Waals surface area contributed by atoms with Crippen molar-refractivity contribution in [2.75, 3.05) is 13.1 Å². The number of nitrogens with zero attached hydrogens (tertiary/aromatic N) is 2. The number of amides is 2. The highest BCUT2D eigenvalue weighted by Gasteiger charge is 2.26. The predicted octanol–water partition coefficient (Wildman–Crippen LogP) is 3.40. The number of nitrogens with one attached hydrogen (secondary N) is 2. The summed E-state index contributed by atoms with van der Waals surface area (Å²) in [7, 11) is 0. The first-order chi connectivity index (χ1) is 14.5. The lowest BCUT2D eigenvalue weighted by atomic mass is 9.93. The maximum atomic E-state index is 13.8. The summed E-state index contributed by atoms with van der Waals surface area (Å²) >= 11 is 0. The molecule has 8 heteroatoms. The Hall–Kier alpha value is -3.42. The van der Waals surface area contributed by atoms with Gasteiger partial charge in [0.15, 0.2) is 0 Å². The van der Waals surface area contributed by atoms with Gasteiger partial charge in [-0.25, -0.2) is 4.39 Å². The molecule has 1 fully saturated rings. The number of H-pyrrole nitrogens is 1. The summed E-state index contributed by atoms with van der Waals surface area (Å²) in [6.45, 7) is 3.11. The SMILES string of the molecule is Cc1ccc(C(=O)N2CCC(c3cc(C(=O)NCc4ccco4)n[nH]3)CC2)cc1F. The monoisotopic (exact) mass is 410 g/mol. The summed E-state index contributed by atoms with van der Waals surface area (Å²) in [5.41, 5.74) is 2.10. The van der Waals surface area contributed by atoms with Crippen molar-refractivity contribution in [3.05, 3.63) is 76.8 Å². The maximum Gasteiger partial charge on any atom is 0.272 e. The number of aromatic amines is 1. The van der Waals surface area contributed by atoms with E-state index in [-0.39, 0.29) is 23.5 Å². The molecule has 2 aromatic heterocycles. The van der Waals surface area contributed by atoms with Crippen LogP contribution in [0.3, 0.4) is 0 Å². The fraction of sp³-hybridized carbons (Fsp3) is 0.318.